The molecule has 0 aliphatic carbocycles. The van der Waals surface area contributed by atoms with Crippen molar-refractivity contribution in [2.24, 2.45) is 0 Å². The minimum absolute atomic E-state index is 0.566. The van der Waals surface area contributed by atoms with Crippen molar-refractivity contribution in [3.63, 3.8) is 0 Å². The Morgan fingerprint density at radius 1 is 1.26 bits per heavy atom. The van der Waals surface area contributed by atoms with Gasteiger partial charge in [-0.15, -0.1) is 0 Å². The van der Waals surface area contributed by atoms with E-state index in [0.29, 0.717) is 11.6 Å². The molecule has 1 heterocycles. The van der Waals surface area contributed by atoms with Gasteiger partial charge in [0.05, 0.1) is 12.1 Å². The molecule has 0 saturated carbocycles. The van der Waals surface area contributed by atoms with Crippen LogP contribution in [0.4, 0.5) is 0 Å². The van der Waals surface area contributed by atoms with E-state index in [1.54, 1.807) is 11.6 Å². The Bertz CT molecular complexity index is 869. The first-order valence-corrected chi connectivity index (χ1v) is 7.36. The molecule has 0 atom stereocenters. The topological polar surface area (TPSA) is 67.2 Å². The van der Waals surface area contributed by atoms with E-state index in [0.717, 1.165) is 22.0 Å². The molecule has 6 heteroatoms. The van der Waals surface area contributed by atoms with E-state index in [9.17, 15) is 4.79 Å². The molecule has 0 bridgehead atoms. The number of nitrogens with zero attached hydrogens (tertiary/aromatic N) is 2. The van der Waals surface area contributed by atoms with Crippen molar-refractivity contribution in [3.8, 4) is 0 Å². The van der Waals surface area contributed by atoms with Gasteiger partial charge in [-0.05, 0) is 41.5 Å². The molecule has 0 aliphatic rings. The maximum absolute atomic E-state index is 11.0. The molecule has 2 N–H and O–H groups in total. The summed E-state index contributed by atoms with van der Waals surface area (Å²) in [6.45, 7) is 0.657. The van der Waals surface area contributed by atoms with Gasteiger partial charge < -0.3 is 0 Å². The van der Waals surface area contributed by atoms with Crippen LogP contribution in [0.15, 0.2) is 54.7 Å². The molecule has 0 saturated heterocycles. The molecule has 0 radical (unpaired) electrons. The highest BCUT2D eigenvalue weighted by Crippen LogP contribution is 2.17. The first-order valence-electron chi connectivity index (χ1n) is 6.98. The summed E-state index contributed by atoms with van der Waals surface area (Å²) in [5.74, 6) is -0.566. The number of nitrogens with one attached hydrogen (secondary N) is 1. The van der Waals surface area contributed by atoms with Crippen molar-refractivity contribution in [2.75, 3.05) is 0 Å². The molecule has 116 valence electrons. The van der Waals surface area contributed by atoms with Gasteiger partial charge in [0.25, 0.3) is 5.91 Å². The molecule has 0 fully saturated rings. The Morgan fingerprint density at radius 2 is 2.04 bits per heavy atom. The van der Waals surface area contributed by atoms with Crippen LogP contribution in [0.5, 0.6) is 0 Å². The zero-order valence-corrected chi connectivity index (χ0v) is 12.9. The summed E-state index contributed by atoms with van der Waals surface area (Å²) in [4.78, 5) is 11.0. The van der Waals surface area contributed by atoms with Gasteiger partial charge >= 0.3 is 0 Å². The van der Waals surface area contributed by atoms with Gasteiger partial charge in [-0.2, -0.15) is 5.10 Å². The summed E-state index contributed by atoms with van der Waals surface area (Å²) in [5, 5.41) is 14.7. The smallest absolute Gasteiger partial charge is 0.267 e. The number of rotatable bonds is 4. The van der Waals surface area contributed by atoms with Gasteiger partial charge in [-0.3, -0.25) is 14.7 Å². The summed E-state index contributed by atoms with van der Waals surface area (Å²) in [7, 11) is 0. The lowest BCUT2D eigenvalue weighted by Gasteiger charge is -2.01. The minimum Gasteiger partial charge on any atom is -0.288 e. The number of halogens is 1. The van der Waals surface area contributed by atoms with E-state index < -0.39 is 5.91 Å². The van der Waals surface area contributed by atoms with Gasteiger partial charge in [0.15, 0.2) is 0 Å². The van der Waals surface area contributed by atoms with E-state index in [1.807, 2.05) is 53.3 Å². The Morgan fingerprint density at radius 3 is 2.78 bits per heavy atom. The quantitative estimate of drug-likeness (QED) is 0.439. The van der Waals surface area contributed by atoms with Crippen LogP contribution in [0.3, 0.4) is 0 Å². The number of amides is 1. The highest BCUT2D eigenvalue weighted by molar-refractivity contribution is 6.30. The van der Waals surface area contributed by atoms with E-state index in [4.69, 9.17) is 16.8 Å². The maximum Gasteiger partial charge on any atom is 0.267 e. The number of benzene rings is 2. The first kappa shape index (κ1) is 15.3. The third kappa shape index (κ3) is 3.77. The van der Waals surface area contributed by atoms with Gasteiger partial charge in [-0.25, -0.2) is 5.48 Å². The summed E-state index contributed by atoms with van der Waals surface area (Å²) < 4.78 is 1.86. The Hall–Kier alpha value is -2.63. The number of fused-ring (bicyclic) bond motifs is 1. The van der Waals surface area contributed by atoms with Gasteiger partial charge in [0.1, 0.15) is 0 Å². The Labute approximate surface area is 137 Å². The number of aromatic nitrogens is 2. The van der Waals surface area contributed by atoms with Gasteiger partial charge in [0, 0.05) is 22.7 Å². The molecule has 1 aromatic heterocycles. The van der Waals surface area contributed by atoms with Crippen LogP contribution >= 0.6 is 11.6 Å². The molecule has 0 aliphatic heterocycles. The SMILES string of the molecule is O=C(/C=C/c1ccc2nn(Cc3ccc(Cl)cc3)cc2c1)NO. The van der Waals surface area contributed by atoms with Crippen molar-refractivity contribution in [2.45, 2.75) is 6.54 Å². The standard InChI is InChI=1S/C17H14ClN3O2/c18-15-5-1-13(2-6-15)10-21-11-14-9-12(3-7-16(14)19-21)4-8-17(22)20-23/h1-9,11,23H,10H2,(H,20,22)/b8-4+. The van der Waals surface area contributed by atoms with E-state index in [-0.39, 0.29) is 0 Å². The molecule has 2 aromatic carbocycles. The largest absolute Gasteiger partial charge is 0.288 e. The summed E-state index contributed by atoms with van der Waals surface area (Å²) >= 11 is 5.89. The van der Waals surface area contributed by atoms with Gasteiger partial charge in [-0.1, -0.05) is 29.8 Å². The van der Waals surface area contributed by atoms with Crippen LogP contribution in [0, 0.1) is 0 Å². The lowest BCUT2D eigenvalue weighted by molar-refractivity contribution is -0.124. The summed E-state index contributed by atoms with van der Waals surface area (Å²) in [5.41, 5.74) is 4.40. The second kappa shape index (κ2) is 6.64. The highest BCUT2D eigenvalue weighted by Gasteiger charge is 2.03. The van der Waals surface area contributed by atoms with Crippen LogP contribution in [-0.4, -0.2) is 20.9 Å². The molecular weight excluding hydrogens is 314 g/mol. The van der Waals surface area contributed by atoms with Crippen LogP contribution < -0.4 is 5.48 Å². The number of hydrogen-bond acceptors (Lipinski definition) is 3. The average Bonchev–Trinajstić information content (AvgIpc) is 2.96. The second-order valence-electron chi connectivity index (χ2n) is 5.08. The van der Waals surface area contributed by atoms with Crippen LogP contribution in [0.1, 0.15) is 11.1 Å². The second-order valence-corrected chi connectivity index (χ2v) is 5.52. The van der Waals surface area contributed by atoms with Gasteiger partial charge in [0.2, 0.25) is 0 Å². The van der Waals surface area contributed by atoms with E-state index >= 15 is 0 Å². The van der Waals surface area contributed by atoms with Crippen molar-refractivity contribution in [1.82, 2.24) is 15.3 Å². The first-order chi connectivity index (χ1) is 11.1. The molecule has 0 spiro atoms. The predicted molar refractivity (Wildman–Crippen MR) is 89.3 cm³/mol. The lowest BCUT2D eigenvalue weighted by Crippen LogP contribution is -2.14. The van der Waals surface area contributed by atoms with E-state index in [1.165, 1.54) is 6.08 Å². The Kier molecular flexibility index (Phi) is 4.41. The van der Waals surface area contributed by atoms with Crippen molar-refractivity contribution in [3.05, 3.63) is 70.9 Å². The molecular formula is C17H14ClN3O2. The molecule has 3 aromatic rings. The predicted octanol–water partition coefficient (Wildman–Crippen LogP) is 3.26. The van der Waals surface area contributed by atoms with Crippen molar-refractivity contribution in [1.29, 1.82) is 0 Å². The third-order valence-electron chi connectivity index (χ3n) is 3.37. The Balaban J connectivity index is 1.82. The highest BCUT2D eigenvalue weighted by atomic mass is 35.5. The zero-order chi connectivity index (χ0) is 16.2. The number of hydrogen-bond donors (Lipinski definition) is 2. The summed E-state index contributed by atoms with van der Waals surface area (Å²) in [6, 6.07) is 13.3. The number of carbonyl (C=O) groups is 1. The van der Waals surface area contributed by atoms with Crippen LogP contribution in [0.25, 0.3) is 17.0 Å². The molecule has 1 amide bonds. The van der Waals surface area contributed by atoms with E-state index in [2.05, 4.69) is 5.10 Å². The lowest BCUT2D eigenvalue weighted by atomic mass is 10.1. The fourth-order valence-corrected chi connectivity index (χ4v) is 2.39. The number of carbonyl (C=O) groups excluding carboxylic acids is 1. The number of hydroxylamine groups is 1. The molecule has 3 rings (SSSR count). The fraction of sp³-hybridized carbons (Fsp3) is 0.0588. The van der Waals surface area contributed by atoms with Crippen molar-refractivity contribution >= 4 is 34.5 Å². The van der Waals surface area contributed by atoms with Crippen molar-refractivity contribution < 1.29 is 10.0 Å². The fourth-order valence-electron chi connectivity index (χ4n) is 2.27. The molecule has 0 unspecified atom stereocenters. The van der Waals surface area contributed by atoms with Crippen LogP contribution in [-0.2, 0) is 11.3 Å². The zero-order valence-electron chi connectivity index (χ0n) is 12.1. The van der Waals surface area contributed by atoms with Crippen LogP contribution in [0.2, 0.25) is 5.02 Å². The molecule has 5 nitrogen and oxygen atoms in total. The maximum atomic E-state index is 11.0. The molecule has 23 heavy (non-hydrogen) atoms. The normalized spacial score (nSPS) is 11.2. The average molecular weight is 328 g/mol. The summed E-state index contributed by atoms with van der Waals surface area (Å²) in [6.07, 6.45) is 4.84. The minimum atomic E-state index is -0.566. The monoisotopic (exact) mass is 327 g/mol. The third-order valence-corrected chi connectivity index (χ3v) is 3.62.